The van der Waals surface area contributed by atoms with Gasteiger partial charge in [0, 0.05) is 10.8 Å². The Hall–Kier alpha value is -1.30. The lowest BCUT2D eigenvalue weighted by atomic mass is 9.80. The van der Waals surface area contributed by atoms with Gasteiger partial charge in [-0.05, 0) is 11.1 Å². The van der Waals surface area contributed by atoms with E-state index < -0.39 is 0 Å². The fourth-order valence-corrected chi connectivity index (χ4v) is 1.57. The van der Waals surface area contributed by atoms with E-state index >= 15 is 0 Å². The van der Waals surface area contributed by atoms with Gasteiger partial charge in [-0.15, -0.1) is 13.2 Å². The lowest BCUT2D eigenvalue weighted by molar-refractivity contribution is 0.656. The molecule has 1 aromatic rings. The highest BCUT2D eigenvalue weighted by molar-refractivity contribution is 5.35. The molecule has 1 rings (SSSR count). The summed E-state index contributed by atoms with van der Waals surface area (Å²) in [5.41, 5.74) is 2.67. The molecule has 0 aromatic heterocycles. The summed E-state index contributed by atoms with van der Waals surface area (Å²) in [7, 11) is 0. The molecule has 0 N–H and O–H groups in total. The standard InChI is InChI=1S/C16H22/c1-7-15(3,4)13-9-11-14(12-10-13)16(5,6)8-2/h7-12H,1-2H2,3-6H3. The van der Waals surface area contributed by atoms with Gasteiger partial charge in [-0.25, -0.2) is 0 Å². The van der Waals surface area contributed by atoms with Gasteiger partial charge in [-0.2, -0.15) is 0 Å². The second-order valence-corrected chi connectivity index (χ2v) is 5.43. The number of benzene rings is 1. The van der Waals surface area contributed by atoms with E-state index in [0.29, 0.717) is 0 Å². The minimum atomic E-state index is 0.0385. The van der Waals surface area contributed by atoms with Gasteiger partial charge in [0.2, 0.25) is 0 Å². The Morgan fingerprint density at radius 1 is 0.750 bits per heavy atom. The minimum absolute atomic E-state index is 0.0385. The molecule has 0 atom stereocenters. The Labute approximate surface area is 99.7 Å². The highest BCUT2D eigenvalue weighted by atomic mass is 14.2. The summed E-state index contributed by atoms with van der Waals surface area (Å²) < 4.78 is 0. The Morgan fingerprint density at radius 3 is 1.19 bits per heavy atom. The van der Waals surface area contributed by atoms with E-state index in [1.807, 2.05) is 12.2 Å². The molecule has 1 aromatic carbocycles. The van der Waals surface area contributed by atoms with Crippen LogP contribution < -0.4 is 0 Å². The molecule has 16 heavy (non-hydrogen) atoms. The second kappa shape index (κ2) is 4.29. The van der Waals surface area contributed by atoms with Crippen molar-refractivity contribution >= 4 is 0 Å². The van der Waals surface area contributed by atoms with Crippen molar-refractivity contribution in [3.05, 3.63) is 60.7 Å². The van der Waals surface area contributed by atoms with Crippen LogP contribution in [0.2, 0.25) is 0 Å². The Bertz CT molecular complexity index is 338. The van der Waals surface area contributed by atoms with Crippen molar-refractivity contribution in [2.75, 3.05) is 0 Å². The molecule has 0 aliphatic carbocycles. The second-order valence-electron chi connectivity index (χ2n) is 5.43. The van der Waals surface area contributed by atoms with E-state index in [1.54, 1.807) is 0 Å². The molecule has 0 aliphatic rings. The van der Waals surface area contributed by atoms with Gasteiger partial charge < -0.3 is 0 Å². The first-order valence-corrected chi connectivity index (χ1v) is 5.72. The Balaban J connectivity index is 3.09. The van der Waals surface area contributed by atoms with Gasteiger partial charge in [0.05, 0.1) is 0 Å². The fourth-order valence-electron chi connectivity index (χ4n) is 1.57. The molecule has 0 saturated heterocycles. The summed E-state index contributed by atoms with van der Waals surface area (Å²) in [6, 6.07) is 8.73. The first kappa shape index (κ1) is 12.8. The van der Waals surface area contributed by atoms with Crippen LogP contribution in [0.3, 0.4) is 0 Å². The van der Waals surface area contributed by atoms with Crippen LogP contribution in [-0.2, 0) is 10.8 Å². The molecule has 0 fully saturated rings. The van der Waals surface area contributed by atoms with Gasteiger partial charge in [-0.1, -0.05) is 64.1 Å². The van der Waals surface area contributed by atoms with Gasteiger partial charge in [0.25, 0.3) is 0 Å². The summed E-state index contributed by atoms with van der Waals surface area (Å²) in [5.74, 6) is 0. The molecule has 0 radical (unpaired) electrons. The first-order valence-electron chi connectivity index (χ1n) is 5.72. The van der Waals surface area contributed by atoms with Gasteiger partial charge in [0.1, 0.15) is 0 Å². The zero-order chi connectivity index (χ0) is 12.4. The smallest absolute Gasteiger partial charge is 0.00726 e. The molecule has 86 valence electrons. The molecular weight excluding hydrogens is 192 g/mol. The van der Waals surface area contributed by atoms with Crippen LogP contribution in [0.4, 0.5) is 0 Å². The number of rotatable bonds is 4. The van der Waals surface area contributed by atoms with Crippen LogP contribution in [0.25, 0.3) is 0 Å². The van der Waals surface area contributed by atoms with Crippen LogP contribution in [0, 0.1) is 0 Å². The van der Waals surface area contributed by atoms with Crippen LogP contribution in [0.15, 0.2) is 49.6 Å². The quantitative estimate of drug-likeness (QED) is 0.642. The van der Waals surface area contributed by atoms with E-state index in [9.17, 15) is 0 Å². The Morgan fingerprint density at radius 2 is 1.00 bits per heavy atom. The monoisotopic (exact) mass is 214 g/mol. The summed E-state index contributed by atoms with van der Waals surface area (Å²) in [6.45, 7) is 16.5. The van der Waals surface area contributed by atoms with E-state index in [4.69, 9.17) is 0 Å². The molecule has 0 nitrogen and oxygen atoms in total. The van der Waals surface area contributed by atoms with Crippen molar-refractivity contribution in [3.63, 3.8) is 0 Å². The average Bonchev–Trinajstić information content (AvgIpc) is 2.29. The molecule has 0 saturated carbocycles. The third-order valence-electron chi connectivity index (χ3n) is 3.39. The summed E-state index contributed by atoms with van der Waals surface area (Å²) in [5, 5.41) is 0. The predicted octanol–water partition coefficient (Wildman–Crippen LogP) is 4.61. The van der Waals surface area contributed by atoms with E-state index in [0.717, 1.165) is 0 Å². The molecule has 0 aliphatic heterocycles. The minimum Gasteiger partial charge on any atom is -0.102 e. The molecule has 0 spiro atoms. The zero-order valence-electron chi connectivity index (χ0n) is 10.9. The molecule has 0 amide bonds. The van der Waals surface area contributed by atoms with Crippen molar-refractivity contribution in [1.29, 1.82) is 0 Å². The number of allylic oxidation sites excluding steroid dienone is 2. The predicted molar refractivity (Wildman–Crippen MR) is 72.9 cm³/mol. The molecule has 0 heterocycles. The Kier molecular flexibility index (Phi) is 3.42. The van der Waals surface area contributed by atoms with Crippen molar-refractivity contribution in [2.24, 2.45) is 0 Å². The van der Waals surface area contributed by atoms with Crippen molar-refractivity contribution in [3.8, 4) is 0 Å². The van der Waals surface area contributed by atoms with Crippen molar-refractivity contribution in [1.82, 2.24) is 0 Å². The highest BCUT2D eigenvalue weighted by Crippen LogP contribution is 2.28. The summed E-state index contributed by atoms with van der Waals surface area (Å²) >= 11 is 0. The van der Waals surface area contributed by atoms with Crippen LogP contribution in [0.1, 0.15) is 38.8 Å². The maximum absolute atomic E-state index is 3.88. The van der Waals surface area contributed by atoms with Crippen LogP contribution >= 0.6 is 0 Å². The van der Waals surface area contributed by atoms with Crippen molar-refractivity contribution in [2.45, 2.75) is 38.5 Å². The average molecular weight is 214 g/mol. The summed E-state index contributed by atoms with van der Waals surface area (Å²) in [6.07, 6.45) is 3.97. The van der Waals surface area contributed by atoms with Crippen molar-refractivity contribution < 1.29 is 0 Å². The molecule has 0 bridgehead atoms. The maximum Gasteiger partial charge on any atom is 0.00726 e. The third kappa shape index (κ3) is 2.44. The highest BCUT2D eigenvalue weighted by Gasteiger charge is 2.19. The van der Waals surface area contributed by atoms with Gasteiger partial charge in [-0.3, -0.25) is 0 Å². The first-order chi connectivity index (χ1) is 7.33. The third-order valence-corrected chi connectivity index (χ3v) is 3.39. The van der Waals surface area contributed by atoms with E-state index in [1.165, 1.54) is 11.1 Å². The SMILES string of the molecule is C=CC(C)(C)c1ccc(C(C)(C)C=C)cc1. The van der Waals surface area contributed by atoms with Gasteiger partial charge in [0.15, 0.2) is 0 Å². The van der Waals surface area contributed by atoms with E-state index in [2.05, 4.69) is 65.1 Å². The largest absolute Gasteiger partial charge is 0.102 e. The van der Waals surface area contributed by atoms with Crippen LogP contribution in [-0.4, -0.2) is 0 Å². The number of hydrogen-bond acceptors (Lipinski definition) is 0. The molecule has 0 heteroatoms. The maximum atomic E-state index is 3.88. The topological polar surface area (TPSA) is 0 Å². The molecular formula is C16H22. The lowest BCUT2D eigenvalue weighted by Gasteiger charge is -2.24. The van der Waals surface area contributed by atoms with E-state index in [-0.39, 0.29) is 10.8 Å². The summed E-state index contributed by atoms with van der Waals surface area (Å²) in [4.78, 5) is 0. The number of hydrogen-bond donors (Lipinski definition) is 0. The zero-order valence-corrected chi connectivity index (χ0v) is 10.9. The van der Waals surface area contributed by atoms with Crippen LogP contribution in [0.5, 0.6) is 0 Å². The normalized spacial score (nSPS) is 12.2. The van der Waals surface area contributed by atoms with Gasteiger partial charge >= 0.3 is 0 Å². The fraction of sp³-hybridized carbons (Fsp3) is 0.375. The molecule has 0 unspecified atom stereocenters. The lowest BCUT2D eigenvalue weighted by Crippen LogP contribution is -2.16.